The smallest absolute Gasteiger partial charge is 0.172 e. The van der Waals surface area contributed by atoms with Crippen molar-refractivity contribution in [3.8, 4) is 0 Å². The third-order valence-electron chi connectivity index (χ3n) is 8.71. The zero-order valence-electron chi connectivity index (χ0n) is 30.4. The van der Waals surface area contributed by atoms with Crippen LogP contribution in [0.5, 0.6) is 0 Å². The molecule has 6 rings (SSSR count). The summed E-state index contributed by atoms with van der Waals surface area (Å²) in [5.41, 5.74) is 4.42. The van der Waals surface area contributed by atoms with Crippen LogP contribution in [0.4, 0.5) is 26.3 Å². The third-order valence-corrected chi connectivity index (χ3v) is 15.2. The Morgan fingerprint density at radius 3 is 1.23 bits per heavy atom. The number of hydrogen-bond acceptors (Lipinski definition) is 0. The topological polar surface area (TPSA) is 0 Å². The van der Waals surface area contributed by atoms with Crippen LogP contribution in [0.3, 0.4) is 0 Å². The minimum absolute atomic E-state index is 0.0939. The molecule has 0 saturated heterocycles. The normalized spacial score (nSPS) is 12.2. The van der Waals surface area contributed by atoms with E-state index in [0.717, 1.165) is 24.3 Å². The fourth-order valence-corrected chi connectivity index (χ4v) is 12.6. The number of benzene rings is 4. The molecule has 6 aromatic rings. The summed E-state index contributed by atoms with van der Waals surface area (Å²) in [5.74, 6) is 0. The van der Waals surface area contributed by atoms with Gasteiger partial charge in [-0.25, -0.2) is 12.1 Å². The van der Waals surface area contributed by atoms with Gasteiger partial charge in [-0.2, -0.15) is 18.2 Å². The van der Waals surface area contributed by atoms with Gasteiger partial charge >= 0.3 is 148 Å². The molecule has 0 unspecified atom stereocenters. The van der Waals surface area contributed by atoms with Crippen molar-refractivity contribution < 1.29 is 44.9 Å². The standard InChI is InChI=1S/C23H29.C15H8F6.C5H5.2ClH.Hf/c1-14-9-16-11-17-10-15(2)21(23(6,7)8)13-19(17)18(16)12-20(14)22(3,4)5;16-14(17,18)12-5-1-3-10(8-12)7-11-4-2-6-13(9-11)15(19,20)21;1-2-4-5-3-1;;;/h9-13H,1-8H3;1-6,8-9H;1-5H;2*1H;/q-1;;-1;;;+2/p-2. The van der Waals surface area contributed by atoms with E-state index < -0.39 is 42.1 Å². The van der Waals surface area contributed by atoms with E-state index in [2.05, 4.69) is 85.7 Å². The van der Waals surface area contributed by atoms with Crippen LogP contribution in [-0.2, 0) is 41.8 Å². The van der Waals surface area contributed by atoms with E-state index in [-0.39, 0.29) is 25.2 Å². The quantitative estimate of drug-likeness (QED) is 0.0922. The number of fused-ring (bicyclic) bond motifs is 3. The minimum Gasteiger partial charge on any atom is -0.214 e. The predicted molar refractivity (Wildman–Crippen MR) is 204 cm³/mol. The summed E-state index contributed by atoms with van der Waals surface area (Å²) in [6, 6.07) is 30.5. The molecule has 0 bridgehead atoms. The minimum atomic E-state index is -4.57. The van der Waals surface area contributed by atoms with E-state index in [4.69, 9.17) is 17.2 Å². The Morgan fingerprint density at radius 1 is 0.558 bits per heavy atom. The maximum atomic E-state index is 12.8. The predicted octanol–water partition coefficient (Wildman–Crippen LogP) is 14.5. The summed E-state index contributed by atoms with van der Waals surface area (Å²) < 4.78 is 77.3. The molecule has 0 aromatic heterocycles. The Morgan fingerprint density at radius 2 is 0.942 bits per heavy atom. The first-order valence-corrected chi connectivity index (χ1v) is 27.4. The molecule has 0 heterocycles. The second-order valence-electron chi connectivity index (χ2n) is 14.9. The molecule has 0 aliphatic carbocycles. The van der Waals surface area contributed by atoms with Crippen LogP contribution < -0.4 is 0 Å². The maximum absolute atomic E-state index is 12.8. The molecule has 276 valence electrons. The van der Waals surface area contributed by atoms with Gasteiger partial charge in [0.2, 0.25) is 0 Å². The molecule has 0 aliphatic rings. The van der Waals surface area contributed by atoms with Crippen LogP contribution >= 0.6 is 17.2 Å². The summed E-state index contributed by atoms with van der Waals surface area (Å²) in [6.45, 7) is 18.3. The van der Waals surface area contributed by atoms with E-state index in [1.807, 2.05) is 30.3 Å². The fraction of sp³-hybridized carbons (Fsp3) is 0.279. The van der Waals surface area contributed by atoms with E-state index >= 15 is 0 Å². The number of hydrogen-bond donors (Lipinski definition) is 0. The average Bonchev–Trinajstić information content (AvgIpc) is 3.71. The van der Waals surface area contributed by atoms with E-state index in [1.165, 1.54) is 68.1 Å². The van der Waals surface area contributed by atoms with Crippen LogP contribution in [0.2, 0.25) is 0 Å². The zero-order chi connectivity index (χ0) is 38.8. The fourth-order valence-electron chi connectivity index (χ4n) is 6.36. The van der Waals surface area contributed by atoms with Gasteiger partial charge in [0.25, 0.3) is 0 Å². The van der Waals surface area contributed by atoms with Crippen molar-refractivity contribution in [3.63, 3.8) is 0 Å². The Hall–Kier alpha value is -3.00. The Bertz CT molecular complexity index is 2020. The molecule has 0 amide bonds. The molecular formula is C43H42Cl2F6Hf-2. The number of alkyl halides is 6. The number of aryl methyl sites for hydroxylation is 2. The monoisotopic (exact) mass is 922 g/mol. The van der Waals surface area contributed by atoms with Gasteiger partial charge < -0.3 is 0 Å². The summed E-state index contributed by atoms with van der Waals surface area (Å²) in [7, 11) is 12.0. The van der Waals surface area contributed by atoms with Crippen LogP contribution in [0.1, 0.15) is 86.1 Å². The van der Waals surface area contributed by atoms with Crippen molar-refractivity contribution in [3.05, 3.63) is 154 Å². The van der Waals surface area contributed by atoms with Gasteiger partial charge in [-0.3, -0.25) is 0 Å². The first kappa shape index (κ1) is 41.8. The number of halogens is 8. The van der Waals surface area contributed by atoms with E-state index in [9.17, 15) is 26.3 Å². The van der Waals surface area contributed by atoms with Crippen molar-refractivity contribution in [2.75, 3.05) is 0 Å². The molecule has 6 aromatic carbocycles. The van der Waals surface area contributed by atoms with Crippen LogP contribution in [0.15, 0.2) is 109 Å². The molecule has 52 heavy (non-hydrogen) atoms. The SMILES string of the molecule is Cc1cc2[cH-]c3cc(C)c(C(C)(C)C)cc3c2cc1C(C)(C)C.FC(F)(F)c1cccc([C](c2cccc(C(F)(F)F)c2)=[Hf]([Cl])[Cl])c1.c1cc[cH-]c1. The molecule has 0 radical (unpaired) electrons. The maximum Gasteiger partial charge on any atom is -0.172 e. The van der Waals surface area contributed by atoms with Crippen molar-refractivity contribution in [2.24, 2.45) is 0 Å². The molecule has 0 saturated carbocycles. The number of rotatable bonds is 2. The van der Waals surface area contributed by atoms with Crippen molar-refractivity contribution in [1.82, 2.24) is 0 Å². The Kier molecular flexibility index (Phi) is 13.0. The summed E-state index contributed by atoms with van der Waals surface area (Å²) in [5, 5.41) is 5.55. The summed E-state index contributed by atoms with van der Waals surface area (Å²) in [4.78, 5) is 0. The largest absolute Gasteiger partial charge is 0.214 e. The van der Waals surface area contributed by atoms with Crippen LogP contribution in [-0.4, -0.2) is 3.26 Å². The van der Waals surface area contributed by atoms with Gasteiger partial charge in [-0.1, -0.05) is 75.9 Å². The molecule has 0 nitrogen and oxygen atoms in total. The second-order valence-corrected chi connectivity index (χ2v) is 26.3. The summed E-state index contributed by atoms with van der Waals surface area (Å²) >= 11 is -3.54. The van der Waals surface area contributed by atoms with Crippen molar-refractivity contribution in [2.45, 2.75) is 78.6 Å². The van der Waals surface area contributed by atoms with Crippen molar-refractivity contribution >= 4 is 42.0 Å². The van der Waals surface area contributed by atoms with Crippen molar-refractivity contribution in [1.29, 1.82) is 0 Å². The third kappa shape index (κ3) is 10.4. The van der Waals surface area contributed by atoms with Gasteiger partial charge in [0, 0.05) is 0 Å². The van der Waals surface area contributed by atoms with E-state index in [1.54, 1.807) is 0 Å². The van der Waals surface area contributed by atoms with Gasteiger partial charge in [0.15, 0.2) is 0 Å². The summed E-state index contributed by atoms with van der Waals surface area (Å²) in [6.07, 6.45) is -9.14. The first-order chi connectivity index (χ1) is 24.0. The van der Waals surface area contributed by atoms with Crippen LogP contribution in [0.25, 0.3) is 21.5 Å². The molecule has 9 heteroatoms. The molecule has 0 N–H and O–H groups in total. The molecule has 0 spiro atoms. The average molecular weight is 922 g/mol. The molecule has 0 atom stereocenters. The first-order valence-electron chi connectivity index (χ1n) is 16.7. The van der Waals surface area contributed by atoms with Gasteiger partial charge in [0.1, 0.15) is 0 Å². The van der Waals surface area contributed by atoms with Gasteiger partial charge in [-0.05, 0) is 24.7 Å². The molecule has 0 aliphatic heterocycles. The van der Waals surface area contributed by atoms with Gasteiger partial charge in [-0.15, -0.1) is 39.7 Å². The molecule has 0 fully saturated rings. The van der Waals surface area contributed by atoms with E-state index in [0.29, 0.717) is 0 Å². The Balaban J connectivity index is 0.000000205. The zero-order valence-corrected chi connectivity index (χ0v) is 35.5. The second kappa shape index (κ2) is 16.2. The molecular weight excluding hydrogens is 880 g/mol. The van der Waals surface area contributed by atoms with Crippen LogP contribution in [0, 0.1) is 13.8 Å². The Labute approximate surface area is 317 Å². The van der Waals surface area contributed by atoms with Gasteiger partial charge in [0.05, 0.1) is 0 Å².